The van der Waals surface area contributed by atoms with E-state index in [1.165, 1.54) is 13.5 Å². The lowest BCUT2D eigenvalue weighted by Gasteiger charge is -2.34. The second-order valence-corrected chi connectivity index (χ2v) is 5.08. The molecule has 6 heteroatoms. The monoisotopic (exact) mass is 256 g/mol. The highest BCUT2D eigenvalue weighted by atomic mass is 35.5. The summed E-state index contributed by atoms with van der Waals surface area (Å²) in [6.45, 7) is 6.38. The maximum Gasteiger partial charge on any atom is 0.322 e. The summed E-state index contributed by atoms with van der Waals surface area (Å²) >= 11 is 5.85. The van der Waals surface area contributed by atoms with Crippen molar-refractivity contribution in [3.8, 4) is 6.01 Å². The Morgan fingerprint density at radius 2 is 1.82 bits per heavy atom. The molecule has 0 aliphatic carbocycles. The third-order valence-corrected chi connectivity index (χ3v) is 3.08. The van der Waals surface area contributed by atoms with E-state index in [-0.39, 0.29) is 11.3 Å². The Bertz CT molecular complexity index is 391. The van der Waals surface area contributed by atoms with Gasteiger partial charge in [0.1, 0.15) is 0 Å². The number of anilines is 1. The fourth-order valence-electron chi connectivity index (χ4n) is 2.38. The van der Waals surface area contributed by atoms with Gasteiger partial charge in [-0.2, -0.15) is 15.0 Å². The number of ether oxygens (including phenoxy) is 1. The van der Waals surface area contributed by atoms with Gasteiger partial charge in [-0.3, -0.25) is 0 Å². The highest BCUT2D eigenvalue weighted by molar-refractivity contribution is 6.28. The van der Waals surface area contributed by atoms with Crippen LogP contribution in [0.3, 0.4) is 0 Å². The van der Waals surface area contributed by atoms with Crippen LogP contribution in [-0.2, 0) is 0 Å². The number of hydrogen-bond donors (Lipinski definition) is 0. The summed E-state index contributed by atoms with van der Waals surface area (Å²) in [5.74, 6) is 1.89. The van der Waals surface area contributed by atoms with Crippen molar-refractivity contribution >= 4 is 17.5 Å². The van der Waals surface area contributed by atoms with E-state index in [0.29, 0.717) is 17.8 Å². The smallest absolute Gasteiger partial charge is 0.322 e. The van der Waals surface area contributed by atoms with Gasteiger partial charge in [-0.05, 0) is 29.9 Å². The summed E-state index contributed by atoms with van der Waals surface area (Å²) in [6.07, 6.45) is 1.24. The van der Waals surface area contributed by atoms with Gasteiger partial charge >= 0.3 is 6.01 Å². The molecule has 1 aromatic rings. The first-order valence-corrected chi connectivity index (χ1v) is 6.16. The van der Waals surface area contributed by atoms with E-state index in [4.69, 9.17) is 16.3 Å². The van der Waals surface area contributed by atoms with Gasteiger partial charge < -0.3 is 9.64 Å². The molecule has 1 aromatic heterocycles. The number of piperidine rings is 1. The SMILES string of the molecule is COc1nc(Cl)nc(N2CC(C)CC(C)C2)n1. The quantitative estimate of drug-likeness (QED) is 0.810. The van der Waals surface area contributed by atoms with Crippen molar-refractivity contribution in [2.24, 2.45) is 11.8 Å². The molecule has 1 saturated heterocycles. The molecule has 0 bridgehead atoms. The lowest BCUT2D eigenvalue weighted by atomic mass is 9.92. The van der Waals surface area contributed by atoms with Crippen LogP contribution in [-0.4, -0.2) is 35.2 Å². The first-order chi connectivity index (χ1) is 8.08. The van der Waals surface area contributed by atoms with Crippen molar-refractivity contribution in [3.63, 3.8) is 0 Å². The van der Waals surface area contributed by atoms with E-state index in [2.05, 4.69) is 33.7 Å². The summed E-state index contributed by atoms with van der Waals surface area (Å²) in [4.78, 5) is 14.4. The fourth-order valence-corrected chi connectivity index (χ4v) is 2.53. The largest absolute Gasteiger partial charge is 0.467 e. The minimum atomic E-state index is 0.178. The molecule has 1 aliphatic heterocycles. The molecule has 17 heavy (non-hydrogen) atoms. The minimum Gasteiger partial charge on any atom is -0.467 e. The van der Waals surface area contributed by atoms with Crippen LogP contribution < -0.4 is 9.64 Å². The van der Waals surface area contributed by atoms with Gasteiger partial charge in [0.05, 0.1) is 7.11 Å². The molecule has 2 unspecified atom stereocenters. The van der Waals surface area contributed by atoms with Gasteiger partial charge in [0, 0.05) is 13.1 Å². The van der Waals surface area contributed by atoms with E-state index in [1.54, 1.807) is 0 Å². The Labute approximate surface area is 106 Å². The average Bonchev–Trinajstić information content (AvgIpc) is 2.26. The molecule has 5 nitrogen and oxygen atoms in total. The lowest BCUT2D eigenvalue weighted by molar-refractivity contribution is 0.348. The molecule has 0 amide bonds. The van der Waals surface area contributed by atoms with Gasteiger partial charge in [0.2, 0.25) is 11.2 Å². The second kappa shape index (κ2) is 5.04. The predicted molar refractivity (Wildman–Crippen MR) is 66.5 cm³/mol. The van der Waals surface area contributed by atoms with Crippen LogP contribution >= 0.6 is 11.6 Å². The van der Waals surface area contributed by atoms with Crippen LogP contribution in [0.4, 0.5) is 5.95 Å². The Morgan fingerprint density at radius 3 is 2.41 bits per heavy atom. The van der Waals surface area contributed by atoms with Gasteiger partial charge in [0.15, 0.2) is 0 Å². The molecule has 0 N–H and O–H groups in total. The predicted octanol–water partition coefficient (Wildman–Crippen LogP) is 2.02. The maximum absolute atomic E-state index is 5.85. The molecule has 1 aliphatic rings. The highest BCUT2D eigenvalue weighted by Crippen LogP contribution is 2.25. The zero-order valence-electron chi connectivity index (χ0n) is 10.4. The molecular weight excluding hydrogens is 240 g/mol. The third kappa shape index (κ3) is 2.97. The van der Waals surface area contributed by atoms with E-state index >= 15 is 0 Å². The van der Waals surface area contributed by atoms with Gasteiger partial charge in [-0.1, -0.05) is 13.8 Å². The van der Waals surface area contributed by atoms with Crippen LogP contribution in [0.1, 0.15) is 20.3 Å². The zero-order chi connectivity index (χ0) is 12.4. The van der Waals surface area contributed by atoms with E-state index in [0.717, 1.165) is 13.1 Å². The zero-order valence-corrected chi connectivity index (χ0v) is 11.1. The van der Waals surface area contributed by atoms with Crippen molar-refractivity contribution in [1.82, 2.24) is 15.0 Å². The standard InChI is InChI=1S/C11H17ClN4O/c1-7-4-8(2)6-16(5-7)10-13-9(12)14-11(15-10)17-3/h7-8H,4-6H2,1-3H3. The van der Waals surface area contributed by atoms with Crippen molar-refractivity contribution < 1.29 is 4.74 Å². The Morgan fingerprint density at radius 1 is 1.18 bits per heavy atom. The number of halogens is 1. The fraction of sp³-hybridized carbons (Fsp3) is 0.727. The van der Waals surface area contributed by atoms with Crippen molar-refractivity contribution in [2.45, 2.75) is 20.3 Å². The molecule has 2 heterocycles. The van der Waals surface area contributed by atoms with E-state index in [9.17, 15) is 0 Å². The minimum absolute atomic E-state index is 0.178. The third-order valence-electron chi connectivity index (χ3n) is 2.91. The summed E-state index contributed by atoms with van der Waals surface area (Å²) in [6, 6.07) is 0.269. The van der Waals surface area contributed by atoms with Crippen LogP contribution in [0.25, 0.3) is 0 Å². The molecule has 2 atom stereocenters. The lowest BCUT2D eigenvalue weighted by Crippen LogP contribution is -2.39. The average molecular weight is 257 g/mol. The molecule has 0 saturated carbocycles. The number of rotatable bonds is 2. The van der Waals surface area contributed by atoms with Crippen LogP contribution in [0.2, 0.25) is 5.28 Å². The second-order valence-electron chi connectivity index (χ2n) is 4.74. The van der Waals surface area contributed by atoms with Crippen molar-refractivity contribution in [1.29, 1.82) is 0 Å². The Balaban J connectivity index is 2.23. The van der Waals surface area contributed by atoms with Crippen LogP contribution in [0, 0.1) is 11.8 Å². The topological polar surface area (TPSA) is 51.1 Å². The molecule has 2 rings (SSSR count). The first kappa shape index (κ1) is 12.4. The van der Waals surface area contributed by atoms with Gasteiger partial charge in [-0.15, -0.1) is 0 Å². The summed E-state index contributed by atoms with van der Waals surface area (Å²) < 4.78 is 5.01. The van der Waals surface area contributed by atoms with Crippen LogP contribution in [0.15, 0.2) is 0 Å². The number of hydrogen-bond acceptors (Lipinski definition) is 5. The van der Waals surface area contributed by atoms with Crippen molar-refractivity contribution in [2.75, 3.05) is 25.1 Å². The Hall–Kier alpha value is -1.10. The molecule has 0 spiro atoms. The molecule has 1 fully saturated rings. The van der Waals surface area contributed by atoms with E-state index in [1.807, 2.05) is 0 Å². The molecule has 94 valence electrons. The maximum atomic E-state index is 5.85. The molecular formula is C11H17ClN4O. The summed E-state index contributed by atoms with van der Waals surface area (Å²) in [7, 11) is 1.52. The summed E-state index contributed by atoms with van der Waals surface area (Å²) in [5.41, 5.74) is 0. The Kier molecular flexibility index (Phi) is 3.66. The number of aromatic nitrogens is 3. The first-order valence-electron chi connectivity index (χ1n) is 5.79. The molecule has 0 aromatic carbocycles. The highest BCUT2D eigenvalue weighted by Gasteiger charge is 2.24. The van der Waals surface area contributed by atoms with Gasteiger partial charge in [-0.25, -0.2) is 0 Å². The number of nitrogens with zero attached hydrogens (tertiary/aromatic N) is 4. The molecule has 0 radical (unpaired) electrons. The van der Waals surface area contributed by atoms with Crippen LogP contribution in [0.5, 0.6) is 6.01 Å². The summed E-state index contributed by atoms with van der Waals surface area (Å²) in [5, 5.41) is 0.178. The van der Waals surface area contributed by atoms with Crippen molar-refractivity contribution in [3.05, 3.63) is 5.28 Å². The van der Waals surface area contributed by atoms with E-state index < -0.39 is 0 Å². The normalized spacial score (nSPS) is 24.8. The van der Waals surface area contributed by atoms with Gasteiger partial charge in [0.25, 0.3) is 0 Å². The number of methoxy groups -OCH3 is 1.